The summed E-state index contributed by atoms with van der Waals surface area (Å²) >= 11 is 0.978. The average Bonchev–Trinajstić information content (AvgIpc) is 3.05. The van der Waals surface area contributed by atoms with E-state index in [0.717, 1.165) is 11.3 Å². The van der Waals surface area contributed by atoms with Crippen LogP contribution in [0.25, 0.3) is 11.3 Å². The number of thiazole rings is 1. The number of aromatic nitrogens is 1. The smallest absolute Gasteiger partial charge is 0.335 e. The topological polar surface area (TPSA) is 103 Å². The molecule has 8 heteroatoms. The number of rotatable bonds is 4. The molecule has 0 spiro atoms. The van der Waals surface area contributed by atoms with E-state index in [1.54, 1.807) is 0 Å². The fourth-order valence-corrected chi connectivity index (χ4v) is 3.00. The van der Waals surface area contributed by atoms with Crippen LogP contribution in [-0.4, -0.2) is 22.0 Å². The number of carboxylic acids is 1. The van der Waals surface area contributed by atoms with Crippen LogP contribution in [-0.2, 0) is 0 Å². The highest BCUT2D eigenvalue weighted by atomic mass is 32.1. The van der Waals surface area contributed by atoms with E-state index in [0.29, 0.717) is 11.3 Å². The van der Waals surface area contributed by atoms with E-state index in [-0.39, 0.29) is 21.1 Å². The number of carboxylic acid groups (broad SMARTS) is 1. The van der Waals surface area contributed by atoms with Gasteiger partial charge < -0.3 is 5.11 Å². The standard InChI is InChI=1S/C18H10FN3O3S/c19-13-6-4-10(5-7-13)15-14(9-20)26-18(21-15)22-16(23)11-2-1-3-12(8-11)17(24)25/h1-8H,(H,24,25)(H,21,22,23). The summed E-state index contributed by atoms with van der Waals surface area (Å²) in [6.07, 6.45) is 0. The molecule has 0 atom stereocenters. The van der Waals surface area contributed by atoms with Gasteiger partial charge in [-0.05, 0) is 42.5 Å². The quantitative estimate of drug-likeness (QED) is 0.731. The van der Waals surface area contributed by atoms with E-state index in [4.69, 9.17) is 5.11 Å². The summed E-state index contributed by atoms with van der Waals surface area (Å²) in [7, 11) is 0. The second-order valence-corrected chi connectivity index (χ2v) is 6.15. The van der Waals surface area contributed by atoms with Crippen LogP contribution in [0, 0.1) is 17.1 Å². The third kappa shape index (κ3) is 3.58. The highest BCUT2D eigenvalue weighted by Crippen LogP contribution is 2.30. The molecule has 3 rings (SSSR count). The van der Waals surface area contributed by atoms with Gasteiger partial charge in [-0.3, -0.25) is 10.1 Å². The number of carbonyl (C=O) groups is 2. The van der Waals surface area contributed by atoms with Crippen molar-refractivity contribution in [2.75, 3.05) is 5.32 Å². The normalized spacial score (nSPS) is 10.2. The first-order valence-corrected chi connectivity index (χ1v) is 8.11. The predicted octanol–water partition coefficient (Wildman–Crippen LogP) is 3.77. The number of carbonyl (C=O) groups excluding carboxylic acids is 1. The van der Waals surface area contributed by atoms with E-state index in [1.807, 2.05) is 6.07 Å². The third-order valence-corrected chi connectivity index (χ3v) is 4.31. The lowest BCUT2D eigenvalue weighted by Crippen LogP contribution is -2.12. The van der Waals surface area contributed by atoms with Crippen LogP contribution < -0.4 is 5.32 Å². The summed E-state index contributed by atoms with van der Waals surface area (Å²) in [5.41, 5.74) is 1.03. The van der Waals surface area contributed by atoms with Crippen LogP contribution in [0.2, 0.25) is 0 Å². The molecular formula is C18H10FN3O3S. The lowest BCUT2D eigenvalue weighted by atomic mass is 10.1. The van der Waals surface area contributed by atoms with Gasteiger partial charge in [-0.15, -0.1) is 0 Å². The van der Waals surface area contributed by atoms with Crippen molar-refractivity contribution in [3.63, 3.8) is 0 Å². The predicted molar refractivity (Wildman–Crippen MR) is 93.6 cm³/mol. The van der Waals surface area contributed by atoms with E-state index in [2.05, 4.69) is 10.3 Å². The Morgan fingerprint density at radius 2 is 1.85 bits per heavy atom. The van der Waals surface area contributed by atoms with E-state index in [9.17, 15) is 19.2 Å². The highest BCUT2D eigenvalue weighted by molar-refractivity contribution is 7.16. The first-order valence-electron chi connectivity index (χ1n) is 7.29. The Labute approximate surface area is 151 Å². The molecule has 0 fully saturated rings. The molecule has 1 heterocycles. The van der Waals surface area contributed by atoms with Crippen LogP contribution in [0.3, 0.4) is 0 Å². The largest absolute Gasteiger partial charge is 0.478 e. The van der Waals surface area contributed by atoms with Gasteiger partial charge in [0.25, 0.3) is 5.91 Å². The molecule has 1 amide bonds. The van der Waals surface area contributed by atoms with Crippen molar-refractivity contribution in [2.45, 2.75) is 0 Å². The fourth-order valence-electron chi connectivity index (χ4n) is 2.22. The summed E-state index contributed by atoms with van der Waals surface area (Å²) in [6, 6.07) is 13.1. The number of anilines is 1. The van der Waals surface area contributed by atoms with Gasteiger partial charge in [-0.2, -0.15) is 5.26 Å². The van der Waals surface area contributed by atoms with E-state index >= 15 is 0 Å². The van der Waals surface area contributed by atoms with Crippen molar-refractivity contribution in [3.8, 4) is 17.3 Å². The zero-order chi connectivity index (χ0) is 18.7. The molecule has 0 aliphatic rings. The van der Waals surface area contributed by atoms with E-state index in [1.165, 1.54) is 48.5 Å². The van der Waals surface area contributed by atoms with Gasteiger partial charge in [0.1, 0.15) is 22.5 Å². The molecular weight excluding hydrogens is 357 g/mol. The minimum absolute atomic E-state index is 0.0125. The van der Waals surface area contributed by atoms with Crippen LogP contribution in [0.5, 0.6) is 0 Å². The lowest BCUT2D eigenvalue weighted by Gasteiger charge is -2.02. The molecule has 0 aliphatic carbocycles. The van der Waals surface area contributed by atoms with Crippen LogP contribution in [0.15, 0.2) is 48.5 Å². The molecule has 3 aromatic rings. The second kappa shape index (κ2) is 7.13. The molecule has 2 N–H and O–H groups in total. The first-order chi connectivity index (χ1) is 12.5. The Morgan fingerprint density at radius 1 is 1.15 bits per heavy atom. The monoisotopic (exact) mass is 367 g/mol. The Morgan fingerprint density at radius 3 is 2.50 bits per heavy atom. The zero-order valence-corrected chi connectivity index (χ0v) is 13.9. The maximum Gasteiger partial charge on any atom is 0.335 e. The zero-order valence-electron chi connectivity index (χ0n) is 13.1. The molecule has 6 nitrogen and oxygen atoms in total. The highest BCUT2D eigenvalue weighted by Gasteiger charge is 2.16. The number of hydrogen-bond donors (Lipinski definition) is 2. The number of nitrogens with one attached hydrogen (secondary N) is 1. The molecule has 2 aromatic carbocycles. The molecule has 0 saturated carbocycles. The number of nitrogens with zero attached hydrogens (tertiary/aromatic N) is 2. The second-order valence-electron chi connectivity index (χ2n) is 5.16. The Bertz CT molecular complexity index is 1040. The summed E-state index contributed by atoms with van der Waals surface area (Å²) in [5, 5.41) is 21.0. The van der Waals surface area contributed by atoms with Gasteiger partial charge in [0.05, 0.1) is 5.56 Å². The summed E-state index contributed by atoms with van der Waals surface area (Å²) < 4.78 is 13.1. The van der Waals surface area contributed by atoms with Gasteiger partial charge >= 0.3 is 5.97 Å². The Kier molecular flexibility index (Phi) is 4.73. The summed E-state index contributed by atoms with van der Waals surface area (Å²) in [5.74, 6) is -2.09. The van der Waals surface area contributed by atoms with Gasteiger partial charge in [0.15, 0.2) is 5.13 Å². The van der Waals surface area contributed by atoms with Crippen LogP contribution in [0.4, 0.5) is 9.52 Å². The Hall–Kier alpha value is -3.57. The SMILES string of the molecule is N#Cc1sc(NC(=O)c2cccc(C(=O)O)c2)nc1-c1ccc(F)cc1. The molecule has 26 heavy (non-hydrogen) atoms. The minimum atomic E-state index is -1.14. The fraction of sp³-hybridized carbons (Fsp3) is 0. The van der Waals surface area contributed by atoms with Crippen LogP contribution in [0.1, 0.15) is 25.6 Å². The van der Waals surface area contributed by atoms with E-state index < -0.39 is 17.7 Å². The average molecular weight is 367 g/mol. The molecule has 0 bridgehead atoms. The molecule has 0 unspecified atom stereocenters. The number of aromatic carboxylic acids is 1. The summed E-state index contributed by atoms with van der Waals surface area (Å²) in [6.45, 7) is 0. The van der Waals surface area contributed by atoms with Gasteiger partial charge in [-0.25, -0.2) is 14.2 Å². The number of halogens is 1. The summed E-state index contributed by atoms with van der Waals surface area (Å²) in [4.78, 5) is 27.8. The van der Waals surface area contributed by atoms with Gasteiger partial charge in [0, 0.05) is 11.1 Å². The number of benzene rings is 2. The van der Waals surface area contributed by atoms with Crippen LogP contribution >= 0.6 is 11.3 Å². The minimum Gasteiger partial charge on any atom is -0.478 e. The number of hydrogen-bond acceptors (Lipinski definition) is 5. The van der Waals surface area contributed by atoms with Crippen molar-refractivity contribution in [3.05, 3.63) is 70.4 Å². The first kappa shape index (κ1) is 17.3. The van der Waals surface area contributed by atoms with Crippen molar-refractivity contribution in [1.82, 2.24) is 4.98 Å². The third-order valence-electron chi connectivity index (χ3n) is 3.44. The molecule has 0 saturated heterocycles. The molecule has 0 aliphatic heterocycles. The van der Waals surface area contributed by atoms with Crippen molar-refractivity contribution in [2.24, 2.45) is 0 Å². The van der Waals surface area contributed by atoms with Gasteiger partial charge in [-0.1, -0.05) is 17.4 Å². The van der Waals surface area contributed by atoms with Crippen molar-refractivity contribution in [1.29, 1.82) is 5.26 Å². The maximum atomic E-state index is 13.1. The van der Waals surface area contributed by atoms with Gasteiger partial charge in [0.2, 0.25) is 0 Å². The molecule has 128 valence electrons. The van der Waals surface area contributed by atoms with Crippen molar-refractivity contribution >= 4 is 28.3 Å². The molecule has 1 aromatic heterocycles. The molecule has 0 radical (unpaired) electrons. The number of amides is 1. The lowest BCUT2D eigenvalue weighted by molar-refractivity contribution is 0.0697. The van der Waals surface area contributed by atoms with Crippen molar-refractivity contribution < 1.29 is 19.1 Å². The number of nitriles is 1. The maximum absolute atomic E-state index is 13.1. The Balaban J connectivity index is 1.88.